The van der Waals surface area contributed by atoms with E-state index in [9.17, 15) is 19.2 Å². The largest absolute Gasteiger partial charge is 0.497 e. The van der Waals surface area contributed by atoms with Crippen LogP contribution in [0.4, 0.5) is 11.4 Å². The van der Waals surface area contributed by atoms with Gasteiger partial charge >= 0.3 is 5.97 Å². The van der Waals surface area contributed by atoms with Gasteiger partial charge in [0.2, 0.25) is 11.6 Å². The van der Waals surface area contributed by atoms with Gasteiger partial charge in [-0.25, -0.2) is 4.79 Å². The second kappa shape index (κ2) is 8.57. The number of nitrogens with zero attached hydrogens (tertiary/aromatic N) is 2. The number of carbonyl (C=O) groups excluding carboxylic acids is 4. The van der Waals surface area contributed by atoms with Crippen LogP contribution in [0.2, 0.25) is 0 Å². The highest BCUT2D eigenvalue weighted by Crippen LogP contribution is 2.45. The van der Waals surface area contributed by atoms with E-state index in [0.29, 0.717) is 22.7 Å². The molecule has 172 valence electrons. The lowest BCUT2D eigenvalue weighted by Gasteiger charge is -2.50. The fourth-order valence-corrected chi connectivity index (χ4v) is 4.52. The molecule has 1 fully saturated rings. The van der Waals surface area contributed by atoms with Crippen LogP contribution in [0.1, 0.15) is 37.0 Å². The monoisotopic (exact) mass is 451 g/mol. The Balaban J connectivity index is 1.60. The van der Waals surface area contributed by atoms with Gasteiger partial charge in [-0.2, -0.15) is 0 Å². The molecule has 2 aromatic carbocycles. The van der Waals surface area contributed by atoms with Crippen molar-refractivity contribution in [2.45, 2.75) is 38.4 Å². The zero-order valence-electron chi connectivity index (χ0n) is 18.7. The van der Waals surface area contributed by atoms with Crippen molar-refractivity contribution in [1.29, 1.82) is 0 Å². The van der Waals surface area contributed by atoms with Crippen LogP contribution in [0.25, 0.3) is 0 Å². The van der Waals surface area contributed by atoms with Crippen molar-refractivity contribution >= 4 is 35.1 Å². The van der Waals surface area contributed by atoms with Gasteiger partial charge in [0.05, 0.1) is 18.4 Å². The van der Waals surface area contributed by atoms with Crippen LogP contribution in [0.15, 0.2) is 48.5 Å². The van der Waals surface area contributed by atoms with Gasteiger partial charge in [0.25, 0.3) is 11.8 Å². The number of anilines is 2. The van der Waals surface area contributed by atoms with Gasteiger partial charge < -0.3 is 19.7 Å². The standard InChI is InChI=1S/C24H25N3O6/c1-15(2)26-22(30)18-9-4-5-10-19(18)27-21(29)11-12-24(26,27)23(31)33-14-20(28)25-16-7-6-8-17(13-16)32-3/h4-10,13,15H,11-12,14H2,1-3H3,(H,25,28). The van der Waals surface area contributed by atoms with Gasteiger partial charge in [-0.15, -0.1) is 0 Å². The highest BCUT2D eigenvalue weighted by Gasteiger charge is 2.62. The number of hydrogen-bond donors (Lipinski definition) is 1. The number of esters is 1. The summed E-state index contributed by atoms with van der Waals surface area (Å²) in [5, 5.41) is 2.64. The summed E-state index contributed by atoms with van der Waals surface area (Å²) < 4.78 is 10.5. The third kappa shape index (κ3) is 3.69. The first-order chi connectivity index (χ1) is 15.8. The molecule has 1 atom stereocenters. The number of amides is 3. The number of benzene rings is 2. The molecule has 1 N–H and O–H groups in total. The number of methoxy groups -OCH3 is 1. The molecular weight excluding hydrogens is 426 g/mol. The van der Waals surface area contributed by atoms with E-state index in [0.717, 1.165) is 0 Å². The SMILES string of the molecule is COc1cccc(NC(=O)COC(=O)C23CCC(=O)N2c2ccccc2C(=O)N3C(C)C)c1. The minimum absolute atomic E-state index is 0.0793. The van der Waals surface area contributed by atoms with Gasteiger partial charge in [0.15, 0.2) is 6.61 Å². The predicted molar refractivity (Wildman–Crippen MR) is 120 cm³/mol. The fourth-order valence-electron chi connectivity index (χ4n) is 4.52. The quantitative estimate of drug-likeness (QED) is 0.677. The number of rotatable bonds is 6. The molecule has 0 radical (unpaired) electrons. The fraction of sp³-hybridized carbons (Fsp3) is 0.333. The molecule has 0 aliphatic carbocycles. The average molecular weight is 451 g/mol. The van der Waals surface area contributed by atoms with Gasteiger partial charge in [0, 0.05) is 30.6 Å². The van der Waals surface area contributed by atoms with E-state index in [-0.39, 0.29) is 24.7 Å². The second-order valence-corrected chi connectivity index (χ2v) is 8.19. The Hall–Kier alpha value is -3.88. The van der Waals surface area contributed by atoms with Crippen molar-refractivity contribution in [2.75, 3.05) is 23.9 Å². The molecule has 3 amide bonds. The van der Waals surface area contributed by atoms with Crippen LogP contribution in [0.5, 0.6) is 5.75 Å². The van der Waals surface area contributed by atoms with E-state index in [4.69, 9.17) is 9.47 Å². The minimum Gasteiger partial charge on any atom is -0.497 e. The van der Waals surface area contributed by atoms with Gasteiger partial charge in [0.1, 0.15) is 5.75 Å². The molecule has 0 spiro atoms. The van der Waals surface area contributed by atoms with Crippen LogP contribution >= 0.6 is 0 Å². The van der Waals surface area contributed by atoms with Crippen LogP contribution in [0.3, 0.4) is 0 Å². The molecule has 33 heavy (non-hydrogen) atoms. The summed E-state index contributed by atoms with van der Waals surface area (Å²) in [5.74, 6) is -1.44. The smallest absolute Gasteiger partial charge is 0.354 e. The predicted octanol–water partition coefficient (Wildman–Crippen LogP) is 2.56. The summed E-state index contributed by atoms with van der Waals surface area (Å²) in [7, 11) is 1.51. The summed E-state index contributed by atoms with van der Waals surface area (Å²) in [6.45, 7) is 2.98. The molecule has 9 heteroatoms. The summed E-state index contributed by atoms with van der Waals surface area (Å²) in [5.41, 5.74) is -0.426. The van der Waals surface area contributed by atoms with Crippen molar-refractivity contribution in [3.63, 3.8) is 0 Å². The molecule has 0 saturated carbocycles. The number of fused-ring (bicyclic) bond motifs is 3. The number of hydrogen-bond acceptors (Lipinski definition) is 6. The maximum atomic E-state index is 13.5. The number of nitrogens with one attached hydrogen (secondary N) is 1. The molecule has 0 bridgehead atoms. The second-order valence-electron chi connectivity index (χ2n) is 8.19. The number of carbonyl (C=O) groups is 4. The molecule has 2 aliphatic heterocycles. The van der Waals surface area contributed by atoms with Gasteiger partial charge in [-0.3, -0.25) is 19.3 Å². The summed E-state index contributed by atoms with van der Waals surface area (Å²) >= 11 is 0. The van der Waals surface area contributed by atoms with E-state index < -0.39 is 30.2 Å². The lowest BCUT2D eigenvalue weighted by Crippen LogP contribution is -2.70. The van der Waals surface area contributed by atoms with E-state index in [2.05, 4.69) is 5.32 Å². The van der Waals surface area contributed by atoms with Crippen LogP contribution in [-0.2, 0) is 19.1 Å². The topological polar surface area (TPSA) is 105 Å². The molecule has 0 aromatic heterocycles. The maximum absolute atomic E-state index is 13.5. The molecule has 2 aromatic rings. The van der Waals surface area contributed by atoms with Gasteiger partial charge in [-0.1, -0.05) is 18.2 Å². The zero-order valence-corrected chi connectivity index (χ0v) is 18.7. The number of para-hydroxylation sites is 1. The first-order valence-corrected chi connectivity index (χ1v) is 10.7. The molecule has 2 heterocycles. The highest BCUT2D eigenvalue weighted by molar-refractivity contribution is 6.15. The lowest BCUT2D eigenvalue weighted by molar-refractivity contribution is -0.160. The third-order valence-corrected chi connectivity index (χ3v) is 5.83. The Morgan fingerprint density at radius 3 is 2.61 bits per heavy atom. The first-order valence-electron chi connectivity index (χ1n) is 10.7. The van der Waals surface area contributed by atoms with Crippen molar-refractivity contribution in [2.24, 2.45) is 0 Å². The molecule has 1 unspecified atom stereocenters. The van der Waals surface area contributed by atoms with Gasteiger partial charge in [-0.05, 0) is 38.1 Å². The Morgan fingerprint density at radius 2 is 1.88 bits per heavy atom. The average Bonchev–Trinajstić information content (AvgIpc) is 3.15. The van der Waals surface area contributed by atoms with Crippen molar-refractivity contribution in [3.8, 4) is 5.75 Å². The molecule has 4 rings (SSSR count). The van der Waals surface area contributed by atoms with Crippen LogP contribution in [-0.4, -0.2) is 54.0 Å². The Morgan fingerprint density at radius 1 is 1.12 bits per heavy atom. The summed E-state index contributed by atoms with van der Waals surface area (Å²) in [4.78, 5) is 54.9. The summed E-state index contributed by atoms with van der Waals surface area (Å²) in [6.07, 6.45) is 0.163. The minimum atomic E-state index is -1.63. The third-order valence-electron chi connectivity index (χ3n) is 5.83. The lowest BCUT2D eigenvalue weighted by atomic mass is 9.95. The molecule has 2 aliphatic rings. The van der Waals surface area contributed by atoms with Crippen molar-refractivity contribution in [1.82, 2.24) is 4.90 Å². The van der Waals surface area contributed by atoms with Crippen molar-refractivity contribution < 1.29 is 28.7 Å². The van der Waals surface area contributed by atoms with Crippen molar-refractivity contribution in [3.05, 3.63) is 54.1 Å². The van der Waals surface area contributed by atoms with E-state index >= 15 is 0 Å². The van der Waals surface area contributed by atoms with E-state index in [1.54, 1.807) is 62.4 Å². The molecule has 9 nitrogen and oxygen atoms in total. The first kappa shape index (κ1) is 22.3. The zero-order chi connectivity index (χ0) is 23.8. The Labute approximate surface area is 191 Å². The number of ether oxygens (including phenoxy) is 2. The Kier molecular flexibility index (Phi) is 5.80. The Bertz CT molecular complexity index is 1130. The van der Waals surface area contributed by atoms with E-state index in [1.807, 2.05) is 0 Å². The molecular formula is C24H25N3O6. The maximum Gasteiger partial charge on any atom is 0.354 e. The normalized spacial score (nSPS) is 19.3. The molecule has 1 saturated heterocycles. The highest BCUT2D eigenvalue weighted by atomic mass is 16.5. The summed E-state index contributed by atoms with van der Waals surface area (Å²) in [6, 6.07) is 13.1. The van der Waals surface area contributed by atoms with Crippen LogP contribution < -0.4 is 15.0 Å². The van der Waals surface area contributed by atoms with E-state index in [1.165, 1.54) is 16.9 Å². The van der Waals surface area contributed by atoms with Crippen LogP contribution in [0, 0.1) is 0 Å².